The Morgan fingerprint density at radius 1 is 1.00 bits per heavy atom. The van der Waals surface area contributed by atoms with Crippen LogP contribution in [-0.4, -0.2) is 44.7 Å². The van der Waals surface area contributed by atoms with Crippen molar-refractivity contribution in [2.45, 2.75) is 19.4 Å². The minimum atomic E-state index is -0.0159. The van der Waals surface area contributed by atoms with Crippen LogP contribution in [0.25, 0.3) is 0 Å². The molecule has 0 saturated carbocycles. The number of rotatable bonds is 7. The lowest BCUT2D eigenvalue weighted by molar-refractivity contribution is 0.0678. The molecular weight excluding hydrogens is 441 g/mol. The fourth-order valence-corrected chi connectivity index (χ4v) is 3.55. The Balaban J connectivity index is 0.00000240. The van der Waals surface area contributed by atoms with E-state index in [0.717, 1.165) is 24.9 Å². The van der Waals surface area contributed by atoms with Crippen molar-refractivity contribution >= 4 is 30.7 Å². The Labute approximate surface area is 195 Å². The van der Waals surface area contributed by atoms with Crippen LogP contribution in [0.2, 0.25) is 0 Å². The number of piperidine rings is 1. The Morgan fingerprint density at radius 3 is 2.26 bits per heavy atom. The second kappa shape index (κ2) is 12.6. The first-order valence-electron chi connectivity index (χ1n) is 9.81. The van der Waals surface area contributed by atoms with Gasteiger partial charge in [0.1, 0.15) is 0 Å². The fourth-order valence-electron chi connectivity index (χ4n) is 3.55. The van der Waals surface area contributed by atoms with Crippen molar-refractivity contribution in [3.8, 4) is 23.0 Å². The van der Waals surface area contributed by atoms with E-state index in [1.807, 2.05) is 17.0 Å². The number of likely N-dealkylation sites (tertiary alicyclic amines) is 1. The molecule has 1 amide bonds. The second-order valence-corrected chi connectivity index (χ2v) is 7.15. The molecule has 1 aliphatic rings. The number of ether oxygens (including phenoxy) is 3. The Kier molecular flexibility index (Phi) is 10.9. The number of methoxy groups -OCH3 is 2. The van der Waals surface area contributed by atoms with Gasteiger partial charge in [0.15, 0.2) is 23.0 Å². The fraction of sp³-hybridized carbons (Fsp3) is 0.409. The zero-order valence-electron chi connectivity index (χ0n) is 17.8. The summed E-state index contributed by atoms with van der Waals surface area (Å²) in [7, 11) is 3.13. The minimum absolute atomic E-state index is 0. The minimum Gasteiger partial charge on any atom is -0.493 e. The van der Waals surface area contributed by atoms with Crippen LogP contribution in [0.3, 0.4) is 0 Å². The third-order valence-electron chi connectivity index (χ3n) is 5.23. The Bertz CT molecular complexity index is 867. The molecule has 1 heterocycles. The van der Waals surface area contributed by atoms with Crippen molar-refractivity contribution in [2.75, 3.05) is 33.9 Å². The molecule has 0 aliphatic carbocycles. The quantitative estimate of drug-likeness (QED) is 0.639. The summed E-state index contributed by atoms with van der Waals surface area (Å²) >= 11 is 0. The van der Waals surface area contributed by atoms with Crippen LogP contribution < -0.4 is 25.7 Å². The molecule has 9 heteroatoms. The first-order valence-corrected chi connectivity index (χ1v) is 9.81. The number of amides is 1. The summed E-state index contributed by atoms with van der Waals surface area (Å²) in [6, 6.07) is 10.7. The highest BCUT2D eigenvalue weighted by Crippen LogP contribution is 2.37. The largest absolute Gasteiger partial charge is 0.493 e. The molecule has 0 spiro atoms. The maximum Gasteiger partial charge on any atom is 0.254 e. The van der Waals surface area contributed by atoms with Gasteiger partial charge < -0.3 is 30.6 Å². The molecule has 1 unspecified atom stereocenters. The van der Waals surface area contributed by atoms with Gasteiger partial charge in [0.05, 0.1) is 14.2 Å². The van der Waals surface area contributed by atoms with Crippen LogP contribution in [0.1, 0.15) is 28.8 Å². The average Bonchev–Trinajstić information content (AvgIpc) is 2.79. The number of benzene rings is 2. The summed E-state index contributed by atoms with van der Waals surface area (Å²) in [4.78, 5) is 14.8. The lowest BCUT2D eigenvalue weighted by Gasteiger charge is -2.32. The number of hydrogen-bond acceptors (Lipinski definition) is 6. The molecule has 1 atom stereocenters. The highest BCUT2D eigenvalue weighted by molar-refractivity contribution is 5.95. The first kappa shape index (κ1) is 26.8. The topological polar surface area (TPSA) is 100 Å². The van der Waals surface area contributed by atoms with E-state index in [2.05, 4.69) is 0 Å². The van der Waals surface area contributed by atoms with Gasteiger partial charge in [0, 0.05) is 25.2 Å². The van der Waals surface area contributed by atoms with E-state index in [1.54, 1.807) is 38.5 Å². The standard InChI is InChI=1S/C22H29N3O4.2ClH/c1-27-20-10-15(12-23)5-7-18(20)29-19-8-6-17(11-21(19)28-2)22(26)25-9-3-4-16(13-24)14-25;;/h5-8,10-11,16H,3-4,9,12-14,23-24H2,1-2H3;2*1H. The van der Waals surface area contributed by atoms with E-state index in [4.69, 9.17) is 25.7 Å². The lowest BCUT2D eigenvalue weighted by atomic mass is 9.97. The van der Waals surface area contributed by atoms with E-state index in [1.165, 1.54) is 0 Å². The number of hydrogen-bond donors (Lipinski definition) is 2. The van der Waals surface area contributed by atoms with E-state index in [9.17, 15) is 4.79 Å². The number of nitrogens with two attached hydrogens (primary N) is 2. The highest BCUT2D eigenvalue weighted by atomic mass is 35.5. The van der Waals surface area contributed by atoms with Crippen molar-refractivity contribution in [1.29, 1.82) is 0 Å². The van der Waals surface area contributed by atoms with Gasteiger partial charge in [-0.05, 0) is 61.2 Å². The maximum absolute atomic E-state index is 12.9. The Morgan fingerprint density at radius 2 is 1.65 bits per heavy atom. The predicted octanol–water partition coefficient (Wildman–Crippen LogP) is 3.61. The molecule has 1 saturated heterocycles. The zero-order valence-corrected chi connectivity index (χ0v) is 19.5. The van der Waals surface area contributed by atoms with Gasteiger partial charge in [-0.2, -0.15) is 0 Å². The van der Waals surface area contributed by atoms with Crippen LogP contribution in [-0.2, 0) is 6.54 Å². The third-order valence-corrected chi connectivity index (χ3v) is 5.23. The van der Waals surface area contributed by atoms with Gasteiger partial charge in [-0.15, -0.1) is 24.8 Å². The van der Waals surface area contributed by atoms with Crippen molar-refractivity contribution in [2.24, 2.45) is 17.4 Å². The average molecular weight is 472 g/mol. The number of carbonyl (C=O) groups is 1. The zero-order chi connectivity index (χ0) is 20.8. The van der Waals surface area contributed by atoms with Crippen molar-refractivity contribution in [3.63, 3.8) is 0 Å². The molecule has 172 valence electrons. The second-order valence-electron chi connectivity index (χ2n) is 7.15. The van der Waals surface area contributed by atoms with Crippen molar-refractivity contribution < 1.29 is 19.0 Å². The Hall–Kier alpha value is -2.19. The van der Waals surface area contributed by atoms with Gasteiger partial charge in [0.2, 0.25) is 0 Å². The molecular formula is C22H31Cl2N3O4. The van der Waals surface area contributed by atoms with E-state index in [-0.39, 0.29) is 30.7 Å². The SMILES string of the molecule is COc1cc(CN)ccc1Oc1ccc(C(=O)N2CCCC(CN)C2)cc1OC.Cl.Cl. The molecule has 0 bridgehead atoms. The summed E-state index contributed by atoms with van der Waals surface area (Å²) in [5.41, 5.74) is 13.0. The van der Waals surface area contributed by atoms with E-state index < -0.39 is 0 Å². The van der Waals surface area contributed by atoms with Crippen LogP contribution in [0.4, 0.5) is 0 Å². The molecule has 2 aromatic rings. The monoisotopic (exact) mass is 471 g/mol. The summed E-state index contributed by atoms with van der Waals surface area (Å²) in [5, 5.41) is 0. The van der Waals surface area contributed by atoms with Gasteiger partial charge in [-0.25, -0.2) is 0 Å². The first-order chi connectivity index (χ1) is 14.1. The molecule has 1 aliphatic heterocycles. The van der Waals surface area contributed by atoms with Crippen molar-refractivity contribution in [3.05, 3.63) is 47.5 Å². The molecule has 0 radical (unpaired) electrons. The molecule has 31 heavy (non-hydrogen) atoms. The third kappa shape index (κ3) is 6.40. The van der Waals surface area contributed by atoms with Crippen LogP contribution in [0, 0.1) is 5.92 Å². The maximum atomic E-state index is 12.9. The highest BCUT2D eigenvalue weighted by Gasteiger charge is 2.24. The number of carbonyl (C=O) groups excluding carboxylic acids is 1. The molecule has 4 N–H and O–H groups in total. The number of nitrogens with zero attached hydrogens (tertiary/aromatic N) is 1. The molecule has 2 aromatic carbocycles. The van der Waals surface area contributed by atoms with E-state index >= 15 is 0 Å². The molecule has 3 rings (SSSR count). The lowest BCUT2D eigenvalue weighted by Crippen LogP contribution is -2.42. The van der Waals surface area contributed by atoms with Crippen LogP contribution in [0.15, 0.2) is 36.4 Å². The normalized spacial score (nSPS) is 15.4. The summed E-state index contributed by atoms with van der Waals surface area (Å²) in [5.74, 6) is 2.45. The number of halogens is 2. The smallest absolute Gasteiger partial charge is 0.254 e. The molecule has 7 nitrogen and oxygen atoms in total. The van der Waals surface area contributed by atoms with Crippen LogP contribution in [0.5, 0.6) is 23.0 Å². The van der Waals surface area contributed by atoms with Gasteiger partial charge in [0.25, 0.3) is 5.91 Å². The summed E-state index contributed by atoms with van der Waals surface area (Å²) in [6.07, 6.45) is 2.05. The van der Waals surface area contributed by atoms with E-state index in [0.29, 0.717) is 54.1 Å². The summed E-state index contributed by atoms with van der Waals surface area (Å²) in [6.45, 7) is 2.46. The van der Waals surface area contributed by atoms with Gasteiger partial charge in [-0.3, -0.25) is 4.79 Å². The van der Waals surface area contributed by atoms with Crippen molar-refractivity contribution in [1.82, 2.24) is 4.90 Å². The molecule has 0 aromatic heterocycles. The molecule has 1 fully saturated rings. The predicted molar refractivity (Wildman–Crippen MR) is 126 cm³/mol. The van der Waals surface area contributed by atoms with Gasteiger partial charge >= 0.3 is 0 Å². The van der Waals surface area contributed by atoms with Crippen LogP contribution >= 0.6 is 24.8 Å². The summed E-state index contributed by atoms with van der Waals surface area (Å²) < 4.78 is 16.9. The van der Waals surface area contributed by atoms with Gasteiger partial charge in [-0.1, -0.05) is 6.07 Å².